The Balaban J connectivity index is 1.95. The lowest BCUT2D eigenvalue weighted by atomic mass is 10.1. The number of nitrogens with zero attached hydrogens (tertiary/aromatic N) is 7. The molecule has 0 radical (unpaired) electrons. The van der Waals surface area contributed by atoms with Crippen molar-refractivity contribution in [3.05, 3.63) is 71.8 Å². The molecule has 0 aliphatic rings. The first-order valence-corrected chi connectivity index (χ1v) is 15.2. The minimum atomic E-state index is -3.80. The molecule has 2 aromatic heterocycles. The molecule has 2 heterocycles. The van der Waals surface area contributed by atoms with Gasteiger partial charge in [-0.05, 0) is 19.4 Å². The van der Waals surface area contributed by atoms with Gasteiger partial charge >= 0.3 is 20.4 Å². The smallest absolute Gasteiger partial charge is 0.308 e. The summed E-state index contributed by atoms with van der Waals surface area (Å²) >= 11 is 0. The van der Waals surface area contributed by atoms with E-state index in [2.05, 4.69) is 9.97 Å². The first-order chi connectivity index (χ1) is 18.4. The minimum Gasteiger partial charge on any atom is -0.349 e. The van der Waals surface area contributed by atoms with Crippen LogP contribution in [-0.2, 0) is 49.5 Å². The average molecular weight is 584 g/mol. The van der Waals surface area contributed by atoms with Crippen LogP contribution in [0.5, 0.6) is 0 Å². The number of hydrogen-bond donors (Lipinski definition) is 0. The topological polar surface area (TPSA) is 132 Å². The van der Waals surface area contributed by atoms with Crippen molar-refractivity contribution < 1.29 is 26.3 Å². The van der Waals surface area contributed by atoms with Crippen LogP contribution in [0.1, 0.15) is 42.9 Å². The summed E-state index contributed by atoms with van der Waals surface area (Å²) in [6, 6.07) is 7.69. The van der Waals surface area contributed by atoms with Crippen molar-refractivity contribution in [1.82, 2.24) is 31.4 Å². The normalized spacial score (nSPS) is 12.9. The Hall–Kier alpha value is -2.66. The van der Waals surface area contributed by atoms with E-state index in [4.69, 9.17) is 9.47 Å². The standard InChI is InChI=1S/C24H37N7O6S2/c1-7-36-24(37-8-2)21-11-9-20(10-12-21)17-29(18-22-25-13-15-30(22)38(32,33)27(3)4)19-23-26-14-16-31(23)39(34,35)28(5)6/h9-16,24H,7-8,17-19H2,1-6H3. The predicted octanol–water partition coefficient (Wildman–Crippen LogP) is 1.66. The highest BCUT2D eigenvalue weighted by Gasteiger charge is 2.25. The number of rotatable bonds is 15. The molecule has 0 amide bonds. The fourth-order valence-electron chi connectivity index (χ4n) is 3.79. The lowest BCUT2D eigenvalue weighted by Crippen LogP contribution is -2.34. The van der Waals surface area contributed by atoms with Crippen molar-refractivity contribution in [1.29, 1.82) is 0 Å². The molecule has 0 N–H and O–H groups in total. The van der Waals surface area contributed by atoms with E-state index >= 15 is 0 Å². The Morgan fingerprint density at radius 2 is 1.18 bits per heavy atom. The fraction of sp³-hybridized carbons (Fsp3) is 0.500. The van der Waals surface area contributed by atoms with Gasteiger partial charge in [-0.2, -0.15) is 25.4 Å². The van der Waals surface area contributed by atoms with Gasteiger partial charge in [-0.15, -0.1) is 0 Å². The minimum absolute atomic E-state index is 0.108. The van der Waals surface area contributed by atoms with Gasteiger partial charge in [0.1, 0.15) is 11.6 Å². The second-order valence-electron chi connectivity index (χ2n) is 8.99. The maximum absolute atomic E-state index is 12.8. The summed E-state index contributed by atoms with van der Waals surface area (Å²) in [6.07, 6.45) is 5.13. The summed E-state index contributed by atoms with van der Waals surface area (Å²) in [5.41, 5.74) is 1.78. The lowest BCUT2D eigenvalue weighted by molar-refractivity contribution is -0.140. The van der Waals surface area contributed by atoms with Crippen LogP contribution in [0.2, 0.25) is 0 Å². The Labute approximate surface area is 231 Å². The third-order valence-corrected chi connectivity index (χ3v) is 9.31. The summed E-state index contributed by atoms with van der Waals surface area (Å²) in [4.78, 5) is 10.4. The highest BCUT2D eigenvalue weighted by molar-refractivity contribution is 7.87. The van der Waals surface area contributed by atoms with Crippen LogP contribution in [0.15, 0.2) is 49.1 Å². The van der Waals surface area contributed by atoms with E-state index in [1.54, 1.807) is 0 Å². The summed E-state index contributed by atoms with van der Waals surface area (Å²) in [5.74, 6) is 0.559. The zero-order valence-corrected chi connectivity index (χ0v) is 24.8. The number of imidazole rings is 2. The Morgan fingerprint density at radius 1 is 0.744 bits per heavy atom. The van der Waals surface area contributed by atoms with Gasteiger partial charge in [0.25, 0.3) is 0 Å². The molecule has 0 spiro atoms. The number of hydrogen-bond acceptors (Lipinski definition) is 9. The predicted molar refractivity (Wildman–Crippen MR) is 146 cm³/mol. The molecule has 0 saturated carbocycles. The van der Waals surface area contributed by atoms with Crippen molar-refractivity contribution in [2.75, 3.05) is 41.4 Å². The molecular formula is C24H37N7O6S2. The van der Waals surface area contributed by atoms with Crippen LogP contribution in [0.3, 0.4) is 0 Å². The third-order valence-electron chi connectivity index (χ3n) is 5.80. The van der Waals surface area contributed by atoms with Crippen molar-refractivity contribution in [2.24, 2.45) is 0 Å². The number of ether oxygens (including phenoxy) is 2. The van der Waals surface area contributed by atoms with Crippen molar-refractivity contribution >= 4 is 20.4 Å². The highest BCUT2D eigenvalue weighted by atomic mass is 32.2. The second kappa shape index (κ2) is 13.1. The van der Waals surface area contributed by atoms with Gasteiger partial charge in [0, 0.05) is 78.3 Å². The zero-order chi connectivity index (χ0) is 28.8. The molecule has 3 aromatic rings. The molecule has 0 aliphatic carbocycles. The van der Waals surface area contributed by atoms with Gasteiger partial charge in [0.05, 0.1) is 13.1 Å². The average Bonchev–Trinajstić information content (AvgIpc) is 3.54. The Bertz CT molecular complexity index is 1330. The van der Waals surface area contributed by atoms with E-state index in [-0.39, 0.29) is 24.7 Å². The number of aromatic nitrogens is 4. The van der Waals surface area contributed by atoms with Crippen LogP contribution in [0.4, 0.5) is 0 Å². The van der Waals surface area contributed by atoms with Crippen LogP contribution in [-0.4, -0.2) is 89.7 Å². The van der Waals surface area contributed by atoms with Gasteiger partial charge in [-0.3, -0.25) is 4.90 Å². The van der Waals surface area contributed by atoms with Gasteiger partial charge < -0.3 is 9.47 Å². The van der Waals surface area contributed by atoms with E-state index in [1.165, 1.54) is 53.0 Å². The summed E-state index contributed by atoms with van der Waals surface area (Å²) in [7, 11) is -1.83. The molecule has 0 saturated heterocycles. The molecule has 0 atom stereocenters. The molecule has 0 fully saturated rings. The van der Waals surface area contributed by atoms with Gasteiger partial charge in [-0.1, -0.05) is 24.3 Å². The zero-order valence-electron chi connectivity index (χ0n) is 23.1. The number of benzene rings is 1. The molecule has 39 heavy (non-hydrogen) atoms. The largest absolute Gasteiger partial charge is 0.349 e. The van der Waals surface area contributed by atoms with E-state index in [1.807, 2.05) is 43.0 Å². The van der Waals surface area contributed by atoms with Crippen LogP contribution in [0, 0.1) is 0 Å². The van der Waals surface area contributed by atoms with E-state index < -0.39 is 26.7 Å². The highest BCUT2D eigenvalue weighted by Crippen LogP contribution is 2.21. The molecule has 15 heteroatoms. The van der Waals surface area contributed by atoms with Crippen LogP contribution in [0.25, 0.3) is 0 Å². The molecular weight excluding hydrogens is 546 g/mol. The van der Waals surface area contributed by atoms with E-state index in [0.29, 0.717) is 19.8 Å². The molecule has 0 bridgehead atoms. The van der Waals surface area contributed by atoms with Gasteiger partial charge in [0.2, 0.25) is 0 Å². The van der Waals surface area contributed by atoms with Crippen molar-refractivity contribution in [3.63, 3.8) is 0 Å². The van der Waals surface area contributed by atoms with Crippen LogP contribution >= 0.6 is 0 Å². The summed E-state index contributed by atoms with van der Waals surface area (Å²) in [5, 5.41) is 0. The van der Waals surface area contributed by atoms with E-state index in [9.17, 15) is 16.8 Å². The lowest BCUT2D eigenvalue weighted by Gasteiger charge is -2.24. The van der Waals surface area contributed by atoms with E-state index in [0.717, 1.165) is 27.7 Å². The Morgan fingerprint density at radius 3 is 1.56 bits per heavy atom. The first-order valence-electron chi connectivity index (χ1n) is 12.4. The summed E-state index contributed by atoms with van der Waals surface area (Å²) in [6.45, 7) is 5.39. The second-order valence-corrected chi connectivity index (χ2v) is 13.0. The summed E-state index contributed by atoms with van der Waals surface area (Å²) < 4.78 is 67.2. The quantitative estimate of drug-likeness (QED) is 0.245. The first kappa shape index (κ1) is 30.9. The maximum Gasteiger partial charge on any atom is 0.308 e. The molecule has 13 nitrogen and oxygen atoms in total. The third kappa shape index (κ3) is 7.30. The SMILES string of the molecule is CCOC(OCC)c1ccc(CN(Cc2nccn2S(=O)(=O)N(C)C)Cc2nccn2S(=O)(=O)N(C)C)cc1. The maximum atomic E-state index is 12.8. The molecule has 3 rings (SSSR count). The molecule has 0 aliphatic heterocycles. The monoisotopic (exact) mass is 583 g/mol. The van der Waals surface area contributed by atoms with Gasteiger partial charge in [0.15, 0.2) is 6.29 Å². The van der Waals surface area contributed by atoms with Gasteiger partial charge in [-0.25, -0.2) is 17.9 Å². The molecule has 1 aromatic carbocycles. The fourth-order valence-corrected chi connectivity index (χ4v) is 5.65. The molecule has 0 unspecified atom stereocenters. The molecule has 216 valence electrons. The van der Waals surface area contributed by atoms with Crippen LogP contribution < -0.4 is 0 Å². The van der Waals surface area contributed by atoms with Crippen molar-refractivity contribution in [3.8, 4) is 0 Å². The van der Waals surface area contributed by atoms with Crippen molar-refractivity contribution in [2.45, 2.75) is 39.8 Å². The Kier molecular flexibility index (Phi) is 10.4.